The lowest BCUT2D eigenvalue weighted by atomic mass is 9.90. The number of rotatable bonds is 3. The molecule has 0 fully saturated rings. The second-order valence-corrected chi connectivity index (χ2v) is 5.89. The Morgan fingerprint density at radius 2 is 2.05 bits per heavy atom. The number of carboxylic acids is 1. The summed E-state index contributed by atoms with van der Waals surface area (Å²) in [6.45, 7) is 1.58. The molecule has 3 rings (SSSR count). The highest BCUT2D eigenvalue weighted by Gasteiger charge is 2.31. The van der Waals surface area contributed by atoms with Gasteiger partial charge in [0.25, 0.3) is 5.91 Å². The molecule has 0 bridgehead atoms. The van der Waals surface area contributed by atoms with Gasteiger partial charge in [0.05, 0.1) is 11.6 Å². The van der Waals surface area contributed by atoms with Crippen molar-refractivity contribution in [2.45, 2.75) is 45.1 Å². The van der Waals surface area contributed by atoms with E-state index in [9.17, 15) is 9.59 Å². The van der Waals surface area contributed by atoms with Gasteiger partial charge in [0.2, 0.25) is 0 Å². The van der Waals surface area contributed by atoms with Crippen molar-refractivity contribution in [3.8, 4) is 5.75 Å². The summed E-state index contributed by atoms with van der Waals surface area (Å²) in [6, 6.07) is 4.00. The Morgan fingerprint density at radius 1 is 1.38 bits per heavy atom. The van der Waals surface area contributed by atoms with E-state index in [-0.39, 0.29) is 12.3 Å². The third-order valence-corrected chi connectivity index (χ3v) is 4.25. The summed E-state index contributed by atoms with van der Waals surface area (Å²) in [5.74, 6) is -1.12. The molecule has 2 N–H and O–H groups in total. The van der Waals surface area contributed by atoms with E-state index in [1.807, 2.05) is 12.1 Å². The highest BCUT2D eigenvalue weighted by atomic mass is 16.5. The van der Waals surface area contributed by atoms with Crippen LogP contribution >= 0.6 is 0 Å². The van der Waals surface area contributed by atoms with Gasteiger partial charge < -0.3 is 15.2 Å². The molecule has 2 aliphatic rings. The molecule has 112 valence electrons. The van der Waals surface area contributed by atoms with Crippen LogP contribution in [0, 0.1) is 5.92 Å². The molecule has 0 radical (unpaired) electrons. The van der Waals surface area contributed by atoms with Crippen molar-refractivity contribution < 1.29 is 19.4 Å². The van der Waals surface area contributed by atoms with Crippen LogP contribution < -0.4 is 10.1 Å². The third kappa shape index (κ3) is 2.73. The van der Waals surface area contributed by atoms with Gasteiger partial charge in [-0.25, -0.2) is 0 Å². The number of ether oxygens (including phenoxy) is 1. The maximum Gasteiger partial charge on any atom is 0.306 e. The van der Waals surface area contributed by atoms with Crippen LogP contribution in [0.4, 0.5) is 5.69 Å². The summed E-state index contributed by atoms with van der Waals surface area (Å²) in [5.41, 5.74) is 3.27. The van der Waals surface area contributed by atoms with Crippen LogP contribution in [0.2, 0.25) is 0 Å². The number of nitrogens with one attached hydrogen (secondary N) is 1. The SMILES string of the molecule is CC(CC1Oc2cc3c(cc2NC1=O)CCCC3)C(=O)O. The molecule has 0 aromatic heterocycles. The number of anilines is 1. The Labute approximate surface area is 123 Å². The van der Waals surface area contributed by atoms with Crippen molar-refractivity contribution in [2.24, 2.45) is 5.92 Å². The molecule has 0 saturated carbocycles. The fourth-order valence-electron chi connectivity index (χ4n) is 2.96. The molecule has 5 heteroatoms. The molecule has 1 aliphatic heterocycles. The van der Waals surface area contributed by atoms with E-state index in [0.717, 1.165) is 12.8 Å². The van der Waals surface area contributed by atoms with Crippen LogP contribution in [0.5, 0.6) is 5.75 Å². The fraction of sp³-hybridized carbons (Fsp3) is 0.500. The monoisotopic (exact) mass is 289 g/mol. The molecule has 1 aromatic rings. The van der Waals surface area contributed by atoms with E-state index in [4.69, 9.17) is 9.84 Å². The second-order valence-electron chi connectivity index (χ2n) is 5.89. The van der Waals surface area contributed by atoms with E-state index in [0.29, 0.717) is 11.4 Å². The number of aliphatic carboxylic acids is 1. The Kier molecular flexibility index (Phi) is 3.57. The maximum atomic E-state index is 12.1. The molecule has 2 unspecified atom stereocenters. The minimum Gasteiger partial charge on any atom is -0.481 e. The smallest absolute Gasteiger partial charge is 0.306 e. The van der Waals surface area contributed by atoms with Crippen LogP contribution in [-0.2, 0) is 22.4 Å². The van der Waals surface area contributed by atoms with Crippen LogP contribution in [-0.4, -0.2) is 23.1 Å². The van der Waals surface area contributed by atoms with Crippen molar-refractivity contribution in [1.29, 1.82) is 0 Å². The molecule has 1 aromatic carbocycles. The van der Waals surface area contributed by atoms with Crippen molar-refractivity contribution in [3.05, 3.63) is 23.3 Å². The lowest BCUT2D eigenvalue weighted by Crippen LogP contribution is -2.39. The maximum absolute atomic E-state index is 12.1. The number of carbonyl (C=O) groups is 2. The van der Waals surface area contributed by atoms with Gasteiger partial charge >= 0.3 is 5.97 Å². The normalized spacial score (nSPS) is 21.6. The van der Waals surface area contributed by atoms with Gasteiger partial charge in [0, 0.05) is 6.42 Å². The first-order valence-electron chi connectivity index (χ1n) is 7.40. The zero-order chi connectivity index (χ0) is 15.0. The molecule has 0 spiro atoms. The quantitative estimate of drug-likeness (QED) is 0.895. The molecule has 2 atom stereocenters. The van der Waals surface area contributed by atoms with Crippen molar-refractivity contribution in [2.75, 3.05) is 5.32 Å². The number of amides is 1. The van der Waals surface area contributed by atoms with Gasteiger partial charge in [0.1, 0.15) is 5.75 Å². The minimum atomic E-state index is -0.914. The summed E-state index contributed by atoms with van der Waals surface area (Å²) in [6.07, 6.45) is 3.88. The molecular weight excluding hydrogens is 270 g/mol. The lowest BCUT2D eigenvalue weighted by molar-refractivity contribution is -0.142. The van der Waals surface area contributed by atoms with Gasteiger partial charge in [0.15, 0.2) is 6.10 Å². The van der Waals surface area contributed by atoms with Crippen molar-refractivity contribution in [3.63, 3.8) is 0 Å². The number of aryl methyl sites for hydroxylation is 2. The second kappa shape index (κ2) is 5.39. The predicted molar refractivity (Wildman–Crippen MR) is 77.5 cm³/mol. The summed E-state index contributed by atoms with van der Waals surface area (Å²) >= 11 is 0. The number of benzene rings is 1. The average Bonchev–Trinajstić information content (AvgIpc) is 2.46. The number of carbonyl (C=O) groups excluding carboxylic acids is 1. The van der Waals surface area contributed by atoms with Crippen LogP contribution in [0.1, 0.15) is 37.3 Å². The van der Waals surface area contributed by atoms with Gasteiger partial charge in [-0.15, -0.1) is 0 Å². The summed E-state index contributed by atoms with van der Waals surface area (Å²) in [4.78, 5) is 23.0. The predicted octanol–water partition coefficient (Wildman–Crippen LogP) is 2.38. The Balaban J connectivity index is 1.83. The zero-order valence-corrected chi connectivity index (χ0v) is 12.0. The Hall–Kier alpha value is -2.04. The lowest BCUT2D eigenvalue weighted by Gasteiger charge is -2.29. The van der Waals surface area contributed by atoms with E-state index in [1.54, 1.807) is 6.92 Å². The number of hydrogen-bond donors (Lipinski definition) is 2. The van der Waals surface area contributed by atoms with Gasteiger partial charge in [-0.05, 0) is 48.9 Å². The Morgan fingerprint density at radius 3 is 2.71 bits per heavy atom. The summed E-state index contributed by atoms with van der Waals surface area (Å²) in [7, 11) is 0. The zero-order valence-electron chi connectivity index (χ0n) is 12.0. The van der Waals surface area contributed by atoms with E-state index in [1.165, 1.54) is 24.0 Å². The first kappa shape index (κ1) is 13.9. The van der Waals surface area contributed by atoms with Gasteiger partial charge in [-0.1, -0.05) is 6.92 Å². The highest BCUT2D eigenvalue weighted by molar-refractivity contribution is 5.98. The van der Waals surface area contributed by atoms with E-state index in [2.05, 4.69) is 5.32 Å². The van der Waals surface area contributed by atoms with Crippen LogP contribution in [0.3, 0.4) is 0 Å². The highest BCUT2D eigenvalue weighted by Crippen LogP contribution is 2.36. The third-order valence-electron chi connectivity index (χ3n) is 4.25. The first-order chi connectivity index (χ1) is 10.0. The van der Waals surface area contributed by atoms with Gasteiger partial charge in [-0.3, -0.25) is 9.59 Å². The molecule has 5 nitrogen and oxygen atoms in total. The molecule has 21 heavy (non-hydrogen) atoms. The average molecular weight is 289 g/mol. The fourth-order valence-corrected chi connectivity index (χ4v) is 2.96. The number of carboxylic acid groups (broad SMARTS) is 1. The minimum absolute atomic E-state index is 0.178. The molecule has 1 heterocycles. The molecule has 1 aliphatic carbocycles. The van der Waals surface area contributed by atoms with Crippen molar-refractivity contribution >= 4 is 17.6 Å². The molecule has 1 amide bonds. The topological polar surface area (TPSA) is 75.6 Å². The Bertz CT molecular complexity index is 596. The number of hydrogen-bond acceptors (Lipinski definition) is 3. The van der Waals surface area contributed by atoms with E-state index < -0.39 is 18.0 Å². The van der Waals surface area contributed by atoms with Crippen molar-refractivity contribution in [1.82, 2.24) is 0 Å². The molecular formula is C16H19NO4. The standard InChI is InChI=1S/C16H19NO4/c1-9(16(19)20)6-14-15(18)17-12-7-10-4-2-3-5-11(10)8-13(12)21-14/h7-9,14H,2-6H2,1H3,(H,17,18)(H,19,20). The summed E-state index contributed by atoms with van der Waals surface area (Å²) in [5, 5.41) is 11.8. The molecule has 0 saturated heterocycles. The summed E-state index contributed by atoms with van der Waals surface area (Å²) < 4.78 is 5.76. The number of fused-ring (bicyclic) bond motifs is 2. The van der Waals surface area contributed by atoms with Gasteiger partial charge in [-0.2, -0.15) is 0 Å². The largest absolute Gasteiger partial charge is 0.481 e. The van der Waals surface area contributed by atoms with Crippen LogP contribution in [0.25, 0.3) is 0 Å². The van der Waals surface area contributed by atoms with Crippen LogP contribution in [0.15, 0.2) is 12.1 Å². The van der Waals surface area contributed by atoms with E-state index >= 15 is 0 Å². The first-order valence-corrected chi connectivity index (χ1v) is 7.40.